The Morgan fingerprint density at radius 1 is 1.35 bits per heavy atom. The summed E-state index contributed by atoms with van der Waals surface area (Å²) in [6.07, 6.45) is 2.54. The van der Waals surface area contributed by atoms with Crippen molar-refractivity contribution in [1.82, 2.24) is 15.2 Å². The van der Waals surface area contributed by atoms with Gasteiger partial charge in [0.05, 0.1) is 12.4 Å². The lowest BCUT2D eigenvalue weighted by molar-refractivity contribution is -0.128. The van der Waals surface area contributed by atoms with Gasteiger partial charge in [-0.2, -0.15) is 5.10 Å². The first kappa shape index (κ1) is 14.1. The molecule has 0 spiro atoms. The third-order valence-electron chi connectivity index (χ3n) is 2.84. The minimum absolute atomic E-state index is 0.228. The molecule has 0 saturated heterocycles. The van der Waals surface area contributed by atoms with Crippen LogP contribution in [-0.4, -0.2) is 15.7 Å². The van der Waals surface area contributed by atoms with Gasteiger partial charge in [-0.1, -0.05) is 30.3 Å². The van der Waals surface area contributed by atoms with Gasteiger partial charge in [-0.25, -0.2) is 5.84 Å². The number of carbonyl (C=O) groups excluding carboxylic acids is 1. The second-order valence-electron chi connectivity index (χ2n) is 4.67. The molecular formula is C14H18N4O2. The number of nitrogens with two attached hydrogens (primary N) is 1. The summed E-state index contributed by atoms with van der Waals surface area (Å²) in [5.41, 5.74) is 2.85. The highest BCUT2D eigenvalue weighted by Gasteiger charge is 2.22. The van der Waals surface area contributed by atoms with Crippen LogP contribution in [0, 0.1) is 0 Å². The molecule has 2 aromatic rings. The number of benzene rings is 1. The molecule has 1 amide bonds. The standard InChI is InChI=1S/C14H18N4O2/c1-10(2)18-9-12(8-16-18)20-13(14(19)17-15)11-6-4-3-5-7-11/h3-10,13H,15H2,1-2H3,(H,17,19). The number of hydrogen-bond acceptors (Lipinski definition) is 4. The van der Waals surface area contributed by atoms with Crippen molar-refractivity contribution in [3.05, 3.63) is 48.3 Å². The van der Waals surface area contributed by atoms with Crippen LogP contribution in [0.5, 0.6) is 5.75 Å². The first-order valence-electron chi connectivity index (χ1n) is 6.38. The van der Waals surface area contributed by atoms with Crippen molar-refractivity contribution < 1.29 is 9.53 Å². The molecule has 0 aliphatic heterocycles. The molecular weight excluding hydrogens is 256 g/mol. The Morgan fingerprint density at radius 3 is 2.60 bits per heavy atom. The normalized spacial score (nSPS) is 12.2. The predicted octanol–water partition coefficient (Wildman–Crippen LogP) is 1.57. The zero-order valence-electron chi connectivity index (χ0n) is 11.5. The molecule has 0 aliphatic carbocycles. The number of rotatable bonds is 5. The van der Waals surface area contributed by atoms with Gasteiger partial charge in [0.15, 0.2) is 5.75 Å². The maximum atomic E-state index is 11.9. The summed E-state index contributed by atoms with van der Waals surface area (Å²) in [7, 11) is 0. The van der Waals surface area contributed by atoms with Crippen molar-refractivity contribution in [3.63, 3.8) is 0 Å². The van der Waals surface area contributed by atoms with E-state index in [0.717, 1.165) is 5.56 Å². The van der Waals surface area contributed by atoms with Crippen molar-refractivity contribution in [2.75, 3.05) is 0 Å². The van der Waals surface area contributed by atoms with Crippen molar-refractivity contribution in [2.24, 2.45) is 5.84 Å². The van der Waals surface area contributed by atoms with Crippen LogP contribution in [0.2, 0.25) is 0 Å². The molecule has 0 aliphatic rings. The van der Waals surface area contributed by atoms with Gasteiger partial charge < -0.3 is 4.74 Å². The van der Waals surface area contributed by atoms with Crippen LogP contribution in [-0.2, 0) is 4.79 Å². The molecule has 1 atom stereocenters. The summed E-state index contributed by atoms with van der Waals surface area (Å²) < 4.78 is 7.47. The molecule has 2 rings (SSSR count). The monoisotopic (exact) mass is 274 g/mol. The molecule has 106 valence electrons. The van der Waals surface area contributed by atoms with E-state index in [1.54, 1.807) is 17.1 Å². The minimum atomic E-state index is -0.800. The van der Waals surface area contributed by atoms with Gasteiger partial charge in [-0.05, 0) is 13.8 Å². The van der Waals surface area contributed by atoms with Crippen LogP contribution >= 0.6 is 0 Å². The molecule has 0 saturated carbocycles. The highest BCUT2D eigenvalue weighted by Crippen LogP contribution is 2.22. The van der Waals surface area contributed by atoms with Crippen molar-refractivity contribution in [1.29, 1.82) is 0 Å². The van der Waals surface area contributed by atoms with E-state index in [1.807, 2.05) is 44.2 Å². The van der Waals surface area contributed by atoms with Crippen LogP contribution in [0.3, 0.4) is 0 Å². The minimum Gasteiger partial charge on any atom is -0.472 e. The van der Waals surface area contributed by atoms with Crippen LogP contribution < -0.4 is 16.0 Å². The molecule has 20 heavy (non-hydrogen) atoms. The zero-order chi connectivity index (χ0) is 14.5. The molecule has 1 unspecified atom stereocenters. The van der Waals surface area contributed by atoms with Crippen LogP contribution in [0.1, 0.15) is 31.6 Å². The third kappa shape index (κ3) is 3.16. The number of hydrogen-bond donors (Lipinski definition) is 2. The Hall–Kier alpha value is -2.34. The molecule has 1 aromatic carbocycles. The van der Waals surface area contributed by atoms with Crippen LogP contribution in [0.4, 0.5) is 0 Å². The number of aromatic nitrogens is 2. The lowest BCUT2D eigenvalue weighted by Gasteiger charge is -2.16. The maximum absolute atomic E-state index is 11.9. The zero-order valence-corrected chi connectivity index (χ0v) is 11.5. The van der Waals surface area contributed by atoms with Gasteiger partial charge >= 0.3 is 0 Å². The molecule has 0 fully saturated rings. The Balaban J connectivity index is 2.22. The number of nitrogens with zero attached hydrogens (tertiary/aromatic N) is 2. The maximum Gasteiger partial charge on any atom is 0.279 e. The number of amides is 1. The second-order valence-corrected chi connectivity index (χ2v) is 4.67. The van der Waals surface area contributed by atoms with E-state index in [-0.39, 0.29) is 6.04 Å². The first-order chi connectivity index (χ1) is 9.61. The molecule has 6 nitrogen and oxygen atoms in total. The Bertz CT molecular complexity index is 566. The number of nitrogens with one attached hydrogen (secondary N) is 1. The van der Waals surface area contributed by atoms with E-state index in [0.29, 0.717) is 5.75 Å². The van der Waals surface area contributed by atoms with E-state index >= 15 is 0 Å². The van der Waals surface area contributed by atoms with E-state index in [4.69, 9.17) is 10.6 Å². The predicted molar refractivity (Wildman–Crippen MR) is 74.8 cm³/mol. The highest BCUT2D eigenvalue weighted by molar-refractivity contribution is 5.81. The Morgan fingerprint density at radius 2 is 2.05 bits per heavy atom. The fraction of sp³-hybridized carbons (Fsp3) is 0.286. The van der Waals surface area contributed by atoms with E-state index in [2.05, 4.69) is 10.5 Å². The quantitative estimate of drug-likeness (QED) is 0.492. The number of hydrazine groups is 1. The summed E-state index contributed by atoms with van der Waals surface area (Å²) in [6.45, 7) is 4.02. The summed E-state index contributed by atoms with van der Waals surface area (Å²) >= 11 is 0. The topological polar surface area (TPSA) is 82.2 Å². The SMILES string of the molecule is CC(C)n1cc(OC(C(=O)NN)c2ccccc2)cn1. The van der Waals surface area contributed by atoms with Gasteiger partial charge in [0.1, 0.15) is 0 Å². The second kappa shape index (κ2) is 6.21. The fourth-order valence-electron chi connectivity index (χ4n) is 1.78. The van der Waals surface area contributed by atoms with E-state index < -0.39 is 12.0 Å². The number of ether oxygens (including phenoxy) is 1. The average molecular weight is 274 g/mol. The molecule has 6 heteroatoms. The highest BCUT2D eigenvalue weighted by atomic mass is 16.5. The molecule has 1 aromatic heterocycles. The van der Waals surface area contributed by atoms with Crippen LogP contribution in [0.15, 0.2) is 42.7 Å². The van der Waals surface area contributed by atoms with Gasteiger partial charge in [0, 0.05) is 11.6 Å². The molecule has 0 radical (unpaired) electrons. The van der Waals surface area contributed by atoms with Crippen molar-refractivity contribution in [2.45, 2.75) is 26.0 Å². The van der Waals surface area contributed by atoms with Crippen LogP contribution in [0.25, 0.3) is 0 Å². The first-order valence-corrected chi connectivity index (χ1v) is 6.38. The van der Waals surface area contributed by atoms with Gasteiger partial charge in [0.25, 0.3) is 5.91 Å². The number of carbonyl (C=O) groups is 1. The van der Waals surface area contributed by atoms with Crippen molar-refractivity contribution >= 4 is 5.91 Å². The Kier molecular flexibility index (Phi) is 4.37. The lowest BCUT2D eigenvalue weighted by Crippen LogP contribution is -2.37. The Labute approximate surface area is 117 Å². The molecule has 1 heterocycles. The van der Waals surface area contributed by atoms with Gasteiger partial charge in [-0.3, -0.25) is 14.9 Å². The van der Waals surface area contributed by atoms with Crippen molar-refractivity contribution in [3.8, 4) is 5.75 Å². The molecule has 0 bridgehead atoms. The van der Waals surface area contributed by atoms with Gasteiger partial charge in [-0.15, -0.1) is 0 Å². The largest absolute Gasteiger partial charge is 0.472 e. The summed E-state index contributed by atoms with van der Waals surface area (Å²) in [4.78, 5) is 11.9. The van der Waals surface area contributed by atoms with Gasteiger partial charge in [0.2, 0.25) is 6.10 Å². The van der Waals surface area contributed by atoms with E-state index in [9.17, 15) is 4.79 Å². The van der Waals surface area contributed by atoms with E-state index in [1.165, 1.54) is 0 Å². The summed E-state index contributed by atoms with van der Waals surface area (Å²) in [5.74, 6) is 5.33. The fourth-order valence-corrected chi connectivity index (χ4v) is 1.78. The summed E-state index contributed by atoms with van der Waals surface area (Å²) in [6, 6.07) is 9.41. The lowest BCUT2D eigenvalue weighted by atomic mass is 10.1. The molecule has 3 N–H and O–H groups in total. The smallest absolute Gasteiger partial charge is 0.279 e. The summed E-state index contributed by atoms with van der Waals surface area (Å²) in [5, 5.41) is 4.18. The average Bonchev–Trinajstić information content (AvgIpc) is 2.94. The third-order valence-corrected chi connectivity index (χ3v) is 2.84.